The van der Waals surface area contributed by atoms with E-state index >= 15 is 0 Å². The fourth-order valence-corrected chi connectivity index (χ4v) is 3.77. The van der Waals surface area contributed by atoms with Crippen LogP contribution in [0.3, 0.4) is 0 Å². The number of hydrogen-bond donors (Lipinski definition) is 1. The molecule has 0 bridgehead atoms. The minimum absolute atomic E-state index is 0.0254. The van der Waals surface area contributed by atoms with Gasteiger partial charge in [-0.1, -0.05) is 6.07 Å². The standard InChI is InChI=1S/C19H29N5O2/c1-22(2)17-15(7-5-9-20-17)13-21-18(25)16-8-6-12-24(14-16)19(26)23-10-3-4-11-23/h5,7,9,16H,3-4,6,8,10-14H2,1-2H3,(H,21,25). The van der Waals surface area contributed by atoms with E-state index in [2.05, 4.69) is 10.3 Å². The number of piperidine rings is 1. The predicted octanol–water partition coefficient (Wildman–Crippen LogP) is 1.69. The summed E-state index contributed by atoms with van der Waals surface area (Å²) in [5.41, 5.74) is 0.992. The van der Waals surface area contributed by atoms with Crippen molar-refractivity contribution in [1.82, 2.24) is 20.1 Å². The molecule has 1 N–H and O–H groups in total. The zero-order chi connectivity index (χ0) is 18.5. The summed E-state index contributed by atoms with van der Waals surface area (Å²) in [7, 11) is 3.88. The van der Waals surface area contributed by atoms with E-state index in [0.717, 1.165) is 56.7 Å². The number of anilines is 1. The summed E-state index contributed by atoms with van der Waals surface area (Å²) in [5, 5.41) is 3.04. The molecule has 2 aliphatic rings. The van der Waals surface area contributed by atoms with Gasteiger partial charge in [-0.05, 0) is 31.7 Å². The van der Waals surface area contributed by atoms with E-state index in [1.54, 1.807) is 6.20 Å². The van der Waals surface area contributed by atoms with Gasteiger partial charge in [0.05, 0.1) is 5.92 Å². The molecule has 0 radical (unpaired) electrons. The van der Waals surface area contributed by atoms with Crippen molar-refractivity contribution in [2.45, 2.75) is 32.2 Å². The molecule has 0 aliphatic carbocycles. The first-order valence-corrected chi connectivity index (χ1v) is 9.49. The van der Waals surface area contributed by atoms with Crippen molar-refractivity contribution >= 4 is 17.8 Å². The van der Waals surface area contributed by atoms with Gasteiger partial charge in [0, 0.05) is 58.6 Å². The third-order valence-electron chi connectivity index (χ3n) is 5.18. The van der Waals surface area contributed by atoms with Crippen LogP contribution in [0.15, 0.2) is 18.3 Å². The number of carbonyl (C=O) groups excluding carboxylic acids is 2. The van der Waals surface area contributed by atoms with Crippen molar-refractivity contribution in [3.8, 4) is 0 Å². The van der Waals surface area contributed by atoms with E-state index in [4.69, 9.17) is 0 Å². The van der Waals surface area contributed by atoms with Crippen molar-refractivity contribution < 1.29 is 9.59 Å². The molecule has 1 atom stereocenters. The Morgan fingerprint density at radius 2 is 1.92 bits per heavy atom. The van der Waals surface area contributed by atoms with Gasteiger partial charge in [0.15, 0.2) is 0 Å². The Bertz CT molecular complexity index is 643. The number of likely N-dealkylation sites (tertiary alicyclic amines) is 2. The van der Waals surface area contributed by atoms with Crippen molar-refractivity contribution in [3.05, 3.63) is 23.9 Å². The number of aromatic nitrogens is 1. The number of hydrogen-bond acceptors (Lipinski definition) is 4. The zero-order valence-corrected chi connectivity index (χ0v) is 15.8. The smallest absolute Gasteiger partial charge is 0.320 e. The third kappa shape index (κ3) is 4.26. The molecule has 1 aromatic heterocycles. The number of nitrogens with one attached hydrogen (secondary N) is 1. The van der Waals surface area contributed by atoms with Crippen LogP contribution in [0.4, 0.5) is 10.6 Å². The number of pyridine rings is 1. The fraction of sp³-hybridized carbons (Fsp3) is 0.632. The summed E-state index contributed by atoms with van der Waals surface area (Å²) in [4.78, 5) is 35.3. The molecule has 26 heavy (non-hydrogen) atoms. The highest BCUT2D eigenvalue weighted by molar-refractivity contribution is 5.81. The van der Waals surface area contributed by atoms with Crippen molar-refractivity contribution in [1.29, 1.82) is 0 Å². The van der Waals surface area contributed by atoms with Crippen LogP contribution in [-0.4, -0.2) is 67.0 Å². The third-order valence-corrected chi connectivity index (χ3v) is 5.18. The van der Waals surface area contributed by atoms with Crippen LogP contribution >= 0.6 is 0 Å². The number of nitrogens with zero attached hydrogens (tertiary/aromatic N) is 4. The summed E-state index contributed by atoms with van der Waals surface area (Å²) < 4.78 is 0. The van der Waals surface area contributed by atoms with Crippen LogP contribution in [0.1, 0.15) is 31.2 Å². The zero-order valence-electron chi connectivity index (χ0n) is 15.8. The van der Waals surface area contributed by atoms with Crippen LogP contribution < -0.4 is 10.2 Å². The summed E-state index contributed by atoms with van der Waals surface area (Å²) in [6, 6.07) is 3.96. The second-order valence-corrected chi connectivity index (χ2v) is 7.36. The molecule has 1 unspecified atom stereocenters. The van der Waals surface area contributed by atoms with E-state index < -0.39 is 0 Å². The number of carbonyl (C=O) groups is 2. The minimum Gasteiger partial charge on any atom is -0.362 e. The summed E-state index contributed by atoms with van der Waals surface area (Å²) in [6.07, 6.45) is 5.64. The van der Waals surface area contributed by atoms with Gasteiger partial charge in [0.1, 0.15) is 5.82 Å². The second-order valence-electron chi connectivity index (χ2n) is 7.36. The lowest BCUT2D eigenvalue weighted by Crippen LogP contribution is -2.49. The van der Waals surface area contributed by atoms with E-state index in [0.29, 0.717) is 13.1 Å². The molecule has 7 heteroatoms. The maximum atomic E-state index is 12.6. The van der Waals surface area contributed by atoms with Crippen LogP contribution in [0.5, 0.6) is 0 Å². The molecule has 2 saturated heterocycles. The Balaban J connectivity index is 1.55. The Morgan fingerprint density at radius 3 is 2.65 bits per heavy atom. The molecule has 0 saturated carbocycles. The Hall–Kier alpha value is -2.31. The van der Waals surface area contributed by atoms with Gasteiger partial charge < -0.3 is 20.0 Å². The first kappa shape index (κ1) is 18.5. The van der Waals surface area contributed by atoms with E-state index in [-0.39, 0.29) is 17.9 Å². The van der Waals surface area contributed by atoms with Crippen LogP contribution in [0, 0.1) is 5.92 Å². The van der Waals surface area contributed by atoms with Gasteiger partial charge in [-0.25, -0.2) is 9.78 Å². The summed E-state index contributed by atoms with van der Waals surface area (Å²) in [5.74, 6) is 0.759. The molecule has 0 spiro atoms. The van der Waals surface area contributed by atoms with E-state index in [1.165, 1.54) is 0 Å². The maximum Gasteiger partial charge on any atom is 0.320 e. The number of amides is 3. The number of urea groups is 1. The Labute approximate surface area is 155 Å². The topological polar surface area (TPSA) is 68.8 Å². The molecular formula is C19H29N5O2. The molecule has 0 aromatic carbocycles. The first-order chi connectivity index (χ1) is 12.6. The van der Waals surface area contributed by atoms with E-state index in [1.807, 2.05) is 40.9 Å². The lowest BCUT2D eigenvalue weighted by atomic mass is 9.97. The largest absolute Gasteiger partial charge is 0.362 e. The van der Waals surface area contributed by atoms with Gasteiger partial charge in [0.25, 0.3) is 0 Å². The normalized spacial score (nSPS) is 20.2. The SMILES string of the molecule is CN(C)c1ncccc1CNC(=O)C1CCCN(C(=O)N2CCCC2)C1. The maximum absolute atomic E-state index is 12.6. The average Bonchev–Trinajstić information content (AvgIpc) is 3.20. The van der Waals surface area contributed by atoms with Crippen molar-refractivity contribution in [3.63, 3.8) is 0 Å². The molecule has 3 rings (SSSR count). The first-order valence-electron chi connectivity index (χ1n) is 9.49. The molecule has 7 nitrogen and oxygen atoms in total. The molecule has 3 amide bonds. The highest BCUT2D eigenvalue weighted by Crippen LogP contribution is 2.20. The Kier molecular flexibility index (Phi) is 5.96. The average molecular weight is 359 g/mol. The van der Waals surface area contributed by atoms with Gasteiger partial charge in [-0.15, -0.1) is 0 Å². The quantitative estimate of drug-likeness (QED) is 0.888. The fourth-order valence-electron chi connectivity index (χ4n) is 3.77. The second kappa shape index (κ2) is 8.38. The van der Waals surface area contributed by atoms with Gasteiger partial charge in [-0.2, -0.15) is 0 Å². The Morgan fingerprint density at radius 1 is 1.19 bits per heavy atom. The highest BCUT2D eigenvalue weighted by Gasteiger charge is 2.31. The molecule has 1 aromatic rings. The van der Waals surface area contributed by atoms with Crippen LogP contribution in [0.2, 0.25) is 0 Å². The lowest BCUT2D eigenvalue weighted by Gasteiger charge is -2.34. The predicted molar refractivity (Wildman–Crippen MR) is 101 cm³/mol. The van der Waals surface area contributed by atoms with Crippen molar-refractivity contribution in [2.75, 3.05) is 45.2 Å². The van der Waals surface area contributed by atoms with Crippen molar-refractivity contribution in [2.24, 2.45) is 5.92 Å². The van der Waals surface area contributed by atoms with E-state index in [9.17, 15) is 9.59 Å². The van der Waals surface area contributed by atoms with Crippen LogP contribution in [-0.2, 0) is 11.3 Å². The monoisotopic (exact) mass is 359 g/mol. The molecule has 142 valence electrons. The van der Waals surface area contributed by atoms with Crippen LogP contribution in [0.25, 0.3) is 0 Å². The van der Waals surface area contributed by atoms with Gasteiger partial charge in [-0.3, -0.25) is 4.79 Å². The van der Waals surface area contributed by atoms with Gasteiger partial charge in [0.2, 0.25) is 5.91 Å². The minimum atomic E-state index is -0.130. The summed E-state index contributed by atoms with van der Waals surface area (Å²) in [6.45, 7) is 3.43. The van der Waals surface area contributed by atoms with Gasteiger partial charge >= 0.3 is 6.03 Å². The molecule has 3 heterocycles. The molecule has 2 fully saturated rings. The molecule has 2 aliphatic heterocycles. The lowest BCUT2D eigenvalue weighted by molar-refractivity contribution is -0.126. The summed E-state index contributed by atoms with van der Waals surface area (Å²) >= 11 is 0. The highest BCUT2D eigenvalue weighted by atomic mass is 16.2. The molecular weight excluding hydrogens is 330 g/mol. The number of rotatable bonds is 4.